The van der Waals surface area contributed by atoms with Crippen LogP contribution in [0.5, 0.6) is 0 Å². The number of halogens is 1. The molecule has 1 amide bonds. The van der Waals surface area contributed by atoms with Crippen LogP contribution in [-0.2, 0) is 4.79 Å². The van der Waals surface area contributed by atoms with Crippen molar-refractivity contribution in [3.63, 3.8) is 0 Å². The molecule has 4 rings (SSSR count). The van der Waals surface area contributed by atoms with E-state index in [4.69, 9.17) is 23.8 Å². The molecule has 142 valence electrons. The molecule has 3 heterocycles. The van der Waals surface area contributed by atoms with Crippen molar-refractivity contribution in [3.8, 4) is 0 Å². The molecule has 1 aliphatic heterocycles. The molecular formula is C20H17ClN4OS2. The van der Waals surface area contributed by atoms with Crippen LogP contribution in [0.25, 0.3) is 0 Å². The van der Waals surface area contributed by atoms with Crippen molar-refractivity contribution < 1.29 is 4.79 Å². The van der Waals surface area contributed by atoms with Crippen LogP contribution < -0.4 is 15.5 Å². The number of thiocarbonyl (C=S) groups is 1. The fourth-order valence-electron chi connectivity index (χ4n) is 3.32. The summed E-state index contributed by atoms with van der Waals surface area (Å²) in [5, 5.41) is 6.82. The Morgan fingerprint density at radius 3 is 2.61 bits per heavy atom. The van der Waals surface area contributed by atoms with Crippen molar-refractivity contribution in [2.24, 2.45) is 0 Å². The number of thiophene rings is 1. The van der Waals surface area contributed by atoms with E-state index in [9.17, 15) is 4.79 Å². The summed E-state index contributed by atoms with van der Waals surface area (Å²) >= 11 is 13.4. The molecule has 1 aromatic carbocycles. The zero-order valence-corrected chi connectivity index (χ0v) is 17.3. The first-order chi connectivity index (χ1) is 13.5. The van der Waals surface area contributed by atoms with Crippen LogP contribution in [0.2, 0.25) is 4.34 Å². The van der Waals surface area contributed by atoms with Gasteiger partial charge in [-0.25, -0.2) is 0 Å². The third-order valence-corrected chi connectivity index (χ3v) is 6.07. The Kier molecular flexibility index (Phi) is 5.30. The number of hydrogen-bond donors (Lipinski definition) is 2. The van der Waals surface area contributed by atoms with Gasteiger partial charge in [-0.15, -0.1) is 11.3 Å². The number of carbonyl (C=O) groups is 1. The van der Waals surface area contributed by atoms with Gasteiger partial charge in [0.2, 0.25) is 5.91 Å². The number of carbonyl (C=O) groups excluding carboxylic acids is 1. The lowest BCUT2D eigenvalue weighted by Gasteiger charge is -2.27. The van der Waals surface area contributed by atoms with E-state index in [0.717, 1.165) is 26.3 Å². The average molecular weight is 429 g/mol. The van der Waals surface area contributed by atoms with Gasteiger partial charge in [0.25, 0.3) is 0 Å². The maximum absolute atomic E-state index is 11.3. The molecule has 2 N–H and O–H groups in total. The van der Waals surface area contributed by atoms with Gasteiger partial charge in [0, 0.05) is 29.4 Å². The zero-order valence-electron chi connectivity index (χ0n) is 14.9. The lowest BCUT2D eigenvalue weighted by Crippen LogP contribution is -2.29. The third kappa shape index (κ3) is 3.73. The van der Waals surface area contributed by atoms with Crippen molar-refractivity contribution >= 4 is 57.5 Å². The molecule has 0 spiro atoms. The molecule has 0 radical (unpaired) electrons. The van der Waals surface area contributed by atoms with E-state index in [1.807, 2.05) is 54.6 Å². The number of pyridine rings is 1. The van der Waals surface area contributed by atoms with Crippen LogP contribution >= 0.6 is 35.2 Å². The van der Waals surface area contributed by atoms with E-state index in [1.54, 1.807) is 6.20 Å². The summed E-state index contributed by atoms with van der Waals surface area (Å²) in [5.41, 5.74) is 2.59. The molecular weight excluding hydrogens is 412 g/mol. The molecule has 0 bridgehead atoms. The van der Waals surface area contributed by atoms with Gasteiger partial charge in [-0.2, -0.15) is 0 Å². The number of benzene rings is 1. The summed E-state index contributed by atoms with van der Waals surface area (Å²) in [7, 11) is 0. The third-order valence-electron chi connectivity index (χ3n) is 4.45. The predicted molar refractivity (Wildman–Crippen MR) is 118 cm³/mol. The van der Waals surface area contributed by atoms with Gasteiger partial charge in [-0.05, 0) is 60.7 Å². The van der Waals surface area contributed by atoms with Gasteiger partial charge in [0.15, 0.2) is 5.11 Å². The van der Waals surface area contributed by atoms with Gasteiger partial charge < -0.3 is 15.5 Å². The first-order valence-electron chi connectivity index (χ1n) is 8.66. The highest BCUT2D eigenvalue weighted by Crippen LogP contribution is 2.44. The number of anilines is 2. The zero-order chi connectivity index (χ0) is 19.7. The largest absolute Gasteiger partial charge is 0.351 e. The molecule has 0 saturated carbocycles. The van der Waals surface area contributed by atoms with Crippen molar-refractivity contribution in [2.45, 2.75) is 19.0 Å². The standard InChI is InChI=1S/C20H17ClN4OS2/c1-12(26)23-13-5-7-14(8-6-13)25-19(16-9-10-17(21)28-16)18(24-20(25)27)15-4-2-3-11-22-15/h2-11,18-19H,1H3,(H,23,26)(H,24,27)/t18-,19-/m1/s1. The summed E-state index contributed by atoms with van der Waals surface area (Å²) < 4.78 is 0.730. The molecule has 1 saturated heterocycles. The Bertz CT molecular complexity index is 1010. The minimum absolute atomic E-state index is 0.0773. The second-order valence-corrected chi connectivity index (χ2v) is 8.50. The quantitative estimate of drug-likeness (QED) is 0.577. The van der Waals surface area contributed by atoms with Crippen molar-refractivity contribution in [1.82, 2.24) is 10.3 Å². The Morgan fingerprint density at radius 1 is 1.21 bits per heavy atom. The summed E-state index contributed by atoms with van der Waals surface area (Å²) in [6.45, 7) is 1.49. The Balaban J connectivity index is 1.74. The monoisotopic (exact) mass is 428 g/mol. The maximum atomic E-state index is 11.3. The number of amides is 1. The fourth-order valence-corrected chi connectivity index (χ4v) is 4.85. The van der Waals surface area contributed by atoms with Crippen LogP contribution in [0.3, 0.4) is 0 Å². The van der Waals surface area contributed by atoms with Gasteiger partial charge in [0.05, 0.1) is 22.1 Å². The van der Waals surface area contributed by atoms with Crippen LogP contribution in [0.15, 0.2) is 60.8 Å². The molecule has 8 heteroatoms. The highest BCUT2D eigenvalue weighted by Gasteiger charge is 2.41. The Hall–Kier alpha value is -2.48. The molecule has 28 heavy (non-hydrogen) atoms. The molecule has 1 fully saturated rings. The Labute approximate surface area is 177 Å². The topological polar surface area (TPSA) is 57.3 Å². The fraction of sp³-hybridized carbons (Fsp3) is 0.150. The molecule has 2 aromatic heterocycles. The van der Waals surface area contributed by atoms with E-state index < -0.39 is 0 Å². The lowest BCUT2D eigenvalue weighted by atomic mass is 10.0. The highest BCUT2D eigenvalue weighted by molar-refractivity contribution is 7.80. The maximum Gasteiger partial charge on any atom is 0.221 e. The number of rotatable bonds is 4. The number of nitrogens with zero attached hydrogens (tertiary/aromatic N) is 2. The smallest absolute Gasteiger partial charge is 0.221 e. The SMILES string of the molecule is CC(=O)Nc1ccc(N2C(=S)N[C@H](c3ccccn3)[C@H]2c2ccc(Cl)s2)cc1. The number of hydrogen-bond acceptors (Lipinski definition) is 4. The molecule has 0 unspecified atom stereocenters. The molecule has 5 nitrogen and oxygen atoms in total. The van der Waals surface area contributed by atoms with Gasteiger partial charge in [-0.3, -0.25) is 9.78 Å². The van der Waals surface area contributed by atoms with Gasteiger partial charge >= 0.3 is 0 Å². The van der Waals surface area contributed by atoms with Crippen LogP contribution in [0.1, 0.15) is 29.6 Å². The molecule has 3 aromatic rings. The highest BCUT2D eigenvalue weighted by atomic mass is 35.5. The number of nitrogens with one attached hydrogen (secondary N) is 2. The normalized spacial score (nSPS) is 18.8. The summed E-state index contributed by atoms with van der Waals surface area (Å²) in [6, 6.07) is 17.2. The lowest BCUT2D eigenvalue weighted by molar-refractivity contribution is -0.114. The van der Waals surface area contributed by atoms with E-state index in [-0.39, 0.29) is 18.0 Å². The van der Waals surface area contributed by atoms with Crippen molar-refractivity contribution in [2.75, 3.05) is 10.2 Å². The summed E-state index contributed by atoms with van der Waals surface area (Å²) in [4.78, 5) is 19.0. The first kappa shape index (κ1) is 18.9. The van der Waals surface area contributed by atoms with Crippen molar-refractivity contribution in [1.29, 1.82) is 0 Å². The summed E-state index contributed by atoms with van der Waals surface area (Å²) in [5.74, 6) is -0.104. The molecule has 1 aliphatic rings. The van der Waals surface area contributed by atoms with E-state index in [2.05, 4.69) is 20.5 Å². The van der Waals surface area contributed by atoms with Crippen molar-refractivity contribution in [3.05, 3.63) is 75.7 Å². The minimum Gasteiger partial charge on any atom is -0.351 e. The minimum atomic E-state index is -0.104. The predicted octanol–water partition coefficient (Wildman–Crippen LogP) is 4.93. The van der Waals surface area contributed by atoms with Gasteiger partial charge in [-0.1, -0.05) is 17.7 Å². The van der Waals surface area contributed by atoms with E-state index >= 15 is 0 Å². The van der Waals surface area contributed by atoms with E-state index in [0.29, 0.717) is 5.11 Å². The average Bonchev–Trinajstić information content (AvgIpc) is 3.26. The van der Waals surface area contributed by atoms with Gasteiger partial charge in [0.1, 0.15) is 0 Å². The van der Waals surface area contributed by atoms with Crippen LogP contribution in [0, 0.1) is 0 Å². The number of aromatic nitrogens is 1. The Morgan fingerprint density at radius 2 is 2.00 bits per heavy atom. The van der Waals surface area contributed by atoms with Crippen LogP contribution in [-0.4, -0.2) is 16.0 Å². The second kappa shape index (κ2) is 7.87. The first-order valence-corrected chi connectivity index (χ1v) is 10.3. The summed E-state index contributed by atoms with van der Waals surface area (Å²) in [6.07, 6.45) is 1.78. The van der Waals surface area contributed by atoms with Crippen LogP contribution in [0.4, 0.5) is 11.4 Å². The van der Waals surface area contributed by atoms with E-state index in [1.165, 1.54) is 18.3 Å². The molecule has 0 aliphatic carbocycles. The molecule has 2 atom stereocenters. The second-order valence-electron chi connectivity index (χ2n) is 6.37.